The van der Waals surface area contributed by atoms with Gasteiger partial charge in [0, 0.05) is 53.4 Å². The summed E-state index contributed by atoms with van der Waals surface area (Å²) in [4.78, 5) is 33.9. The molecule has 6 heteroatoms. The molecule has 0 saturated carbocycles. The minimum atomic E-state index is -0.257. The van der Waals surface area contributed by atoms with Crippen LogP contribution in [0.3, 0.4) is 0 Å². The van der Waals surface area contributed by atoms with Crippen molar-refractivity contribution in [1.29, 1.82) is 0 Å². The maximum absolute atomic E-state index is 12.9. The van der Waals surface area contributed by atoms with E-state index in [0.29, 0.717) is 18.4 Å². The van der Waals surface area contributed by atoms with E-state index >= 15 is 0 Å². The maximum Gasteiger partial charge on any atom is 0.244 e. The minimum Gasteiger partial charge on any atom is -0.347 e. The Hall–Kier alpha value is -1.92. The predicted molar refractivity (Wildman–Crippen MR) is 115 cm³/mol. The third-order valence-corrected chi connectivity index (χ3v) is 6.14. The molecule has 29 heavy (non-hydrogen) atoms. The summed E-state index contributed by atoms with van der Waals surface area (Å²) in [6.45, 7) is 9.94. The highest BCUT2D eigenvalue weighted by Gasteiger charge is 2.32. The van der Waals surface area contributed by atoms with E-state index in [1.54, 1.807) is 4.90 Å². The predicted octanol–water partition coefficient (Wildman–Crippen LogP) is 1.94. The second-order valence-corrected chi connectivity index (χ2v) is 9.10. The summed E-state index contributed by atoms with van der Waals surface area (Å²) in [5.74, 6) is 1.53. The monoisotopic (exact) mass is 400 g/mol. The van der Waals surface area contributed by atoms with Gasteiger partial charge >= 0.3 is 0 Å². The van der Waals surface area contributed by atoms with Gasteiger partial charge in [-0.25, -0.2) is 0 Å². The number of hydrogen-bond donors (Lipinski definition) is 0. The van der Waals surface area contributed by atoms with Gasteiger partial charge in [0.25, 0.3) is 0 Å². The summed E-state index contributed by atoms with van der Waals surface area (Å²) in [5.41, 5.74) is 1.03. The molecule has 2 heterocycles. The van der Waals surface area contributed by atoms with Crippen LogP contribution in [0.2, 0.25) is 0 Å². The molecule has 2 fully saturated rings. The minimum absolute atomic E-state index is 0.108. The zero-order chi connectivity index (χ0) is 21.0. The van der Waals surface area contributed by atoms with E-state index in [9.17, 15) is 9.59 Å². The lowest BCUT2D eigenvalue weighted by atomic mass is 9.92. The van der Waals surface area contributed by atoms with Gasteiger partial charge in [-0.05, 0) is 23.8 Å². The molecule has 0 aliphatic carbocycles. The number of rotatable bonds is 5. The van der Waals surface area contributed by atoms with E-state index in [1.165, 1.54) is 6.42 Å². The third kappa shape index (κ3) is 5.58. The van der Waals surface area contributed by atoms with Crippen molar-refractivity contribution in [3.8, 4) is 0 Å². The largest absolute Gasteiger partial charge is 0.347 e. The van der Waals surface area contributed by atoms with Crippen LogP contribution in [0, 0.1) is 11.8 Å². The second kappa shape index (κ2) is 9.72. The molecule has 3 atom stereocenters. The Kier molecular flexibility index (Phi) is 7.30. The number of likely N-dealkylation sites (tertiary alicyclic amines) is 1. The number of piperidine rings is 1. The van der Waals surface area contributed by atoms with Crippen LogP contribution in [0.1, 0.15) is 31.9 Å². The molecule has 0 N–H and O–H groups in total. The number of likely N-dealkylation sites (N-methyl/N-ethyl adjacent to an activating group) is 1. The first-order valence-corrected chi connectivity index (χ1v) is 10.9. The molecule has 0 radical (unpaired) electrons. The van der Waals surface area contributed by atoms with Gasteiger partial charge in [0.05, 0.1) is 6.54 Å². The molecule has 0 spiro atoms. The number of nitrogens with zero attached hydrogens (tertiary/aromatic N) is 4. The molecule has 0 bridgehead atoms. The van der Waals surface area contributed by atoms with E-state index in [-0.39, 0.29) is 17.9 Å². The van der Waals surface area contributed by atoms with Gasteiger partial charge in [-0.2, -0.15) is 0 Å². The Morgan fingerprint density at radius 3 is 2.14 bits per heavy atom. The van der Waals surface area contributed by atoms with Crippen LogP contribution < -0.4 is 0 Å². The van der Waals surface area contributed by atoms with Crippen LogP contribution in [-0.4, -0.2) is 91.3 Å². The molecule has 3 unspecified atom stereocenters. The van der Waals surface area contributed by atoms with Crippen LogP contribution in [-0.2, 0) is 9.59 Å². The maximum atomic E-state index is 12.9. The summed E-state index contributed by atoms with van der Waals surface area (Å²) in [7, 11) is 3.63. The van der Waals surface area contributed by atoms with Gasteiger partial charge in [0.2, 0.25) is 11.8 Å². The molecule has 160 valence electrons. The zero-order valence-electron chi connectivity index (χ0n) is 18.4. The Bertz CT molecular complexity index is 675. The Morgan fingerprint density at radius 1 is 1.00 bits per heavy atom. The molecule has 2 amide bonds. The second-order valence-electron chi connectivity index (χ2n) is 9.10. The molecule has 2 saturated heterocycles. The molecule has 6 nitrogen and oxygen atoms in total. The Labute approximate surface area is 175 Å². The van der Waals surface area contributed by atoms with Crippen LogP contribution in [0.5, 0.6) is 0 Å². The molecule has 1 aromatic rings. The smallest absolute Gasteiger partial charge is 0.244 e. The summed E-state index contributed by atoms with van der Waals surface area (Å²) in [6.07, 6.45) is 1.21. The van der Waals surface area contributed by atoms with Gasteiger partial charge in [-0.15, -0.1) is 0 Å². The summed E-state index contributed by atoms with van der Waals surface area (Å²) < 4.78 is 0. The first kappa shape index (κ1) is 21.8. The molecule has 2 aliphatic rings. The highest BCUT2D eigenvalue weighted by Crippen LogP contribution is 2.25. The molecule has 1 aromatic carbocycles. The fraction of sp³-hybridized carbons (Fsp3) is 0.652. The third-order valence-electron chi connectivity index (χ3n) is 6.14. The number of piperazine rings is 1. The van der Waals surface area contributed by atoms with Crippen molar-refractivity contribution in [2.24, 2.45) is 11.8 Å². The van der Waals surface area contributed by atoms with Crippen molar-refractivity contribution >= 4 is 11.8 Å². The highest BCUT2D eigenvalue weighted by atomic mass is 16.2. The van der Waals surface area contributed by atoms with E-state index in [2.05, 4.69) is 23.6 Å². The summed E-state index contributed by atoms with van der Waals surface area (Å²) in [6, 6.07) is 9.75. The van der Waals surface area contributed by atoms with Crippen molar-refractivity contribution in [1.82, 2.24) is 19.6 Å². The van der Waals surface area contributed by atoms with Crippen molar-refractivity contribution in [3.63, 3.8) is 0 Å². The zero-order valence-corrected chi connectivity index (χ0v) is 18.4. The average Bonchev–Trinajstić information content (AvgIpc) is 2.69. The quantitative estimate of drug-likeness (QED) is 0.758. The summed E-state index contributed by atoms with van der Waals surface area (Å²) in [5, 5.41) is 0. The van der Waals surface area contributed by atoms with Crippen LogP contribution in [0.15, 0.2) is 30.3 Å². The van der Waals surface area contributed by atoms with Crippen LogP contribution in [0.25, 0.3) is 0 Å². The molecule has 0 aromatic heterocycles. The normalized spacial score (nSPS) is 24.9. The standard InChI is InChI=1S/C23H36N4O2/c1-18-14-19(2)16-27(15-18)21(28)17-25-10-12-26(13-11-25)22(23(29)24(3)4)20-8-6-5-7-9-20/h5-9,18-19,22H,10-17H2,1-4H3. The van der Waals surface area contributed by atoms with Crippen molar-refractivity contribution in [2.75, 3.05) is 59.9 Å². The summed E-state index contributed by atoms with van der Waals surface area (Å²) >= 11 is 0. The lowest BCUT2D eigenvalue weighted by molar-refractivity contribution is -0.138. The fourth-order valence-corrected chi connectivity index (χ4v) is 4.73. The van der Waals surface area contributed by atoms with E-state index in [1.807, 2.05) is 49.3 Å². The lowest BCUT2D eigenvalue weighted by Crippen LogP contribution is -2.54. The van der Waals surface area contributed by atoms with Crippen molar-refractivity contribution in [3.05, 3.63) is 35.9 Å². The number of amides is 2. The number of hydrogen-bond acceptors (Lipinski definition) is 4. The average molecular weight is 401 g/mol. The van der Waals surface area contributed by atoms with Crippen molar-refractivity contribution < 1.29 is 9.59 Å². The van der Waals surface area contributed by atoms with E-state index in [4.69, 9.17) is 0 Å². The topological polar surface area (TPSA) is 47.1 Å². The Morgan fingerprint density at radius 2 is 1.59 bits per heavy atom. The van der Waals surface area contributed by atoms with Gasteiger partial charge in [0.15, 0.2) is 0 Å². The number of benzene rings is 1. The van der Waals surface area contributed by atoms with Gasteiger partial charge in [0.1, 0.15) is 6.04 Å². The van der Waals surface area contributed by atoms with Crippen LogP contribution >= 0.6 is 0 Å². The molecular weight excluding hydrogens is 364 g/mol. The SMILES string of the molecule is CC1CC(C)CN(C(=O)CN2CCN(C(C(=O)N(C)C)c3ccccc3)CC2)C1. The van der Waals surface area contributed by atoms with E-state index < -0.39 is 0 Å². The van der Waals surface area contributed by atoms with Gasteiger partial charge in [-0.1, -0.05) is 44.2 Å². The van der Waals surface area contributed by atoms with Gasteiger partial charge in [-0.3, -0.25) is 19.4 Å². The molecule has 2 aliphatic heterocycles. The van der Waals surface area contributed by atoms with Crippen LogP contribution in [0.4, 0.5) is 0 Å². The van der Waals surface area contributed by atoms with E-state index in [0.717, 1.165) is 44.8 Å². The number of carbonyl (C=O) groups is 2. The number of carbonyl (C=O) groups excluding carboxylic acids is 2. The fourth-order valence-electron chi connectivity index (χ4n) is 4.73. The first-order valence-electron chi connectivity index (χ1n) is 10.9. The highest BCUT2D eigenvalue weighted by molar-refractivity contribution is 5.83. The van der Waals surface area contributed by atoms with Crippen molar-refractivity contribution in [2.45, 2.75) is 26.3 Å². The molecule has 3 rings (SSSR count). The Balaban J connectivity index is 1.58. The van der Waals surface area contributed by atoms with Gasteiger partial charge < -0.3 is 9.80 Å². The molecular formula is C23H36N4O2. The lowest BCUT2D eigenvalue weighted by Gasteiger charge is -2.40. The first-order chi connectivity index (χ1) is 13.8.